The average molecular weight is 246 g/mol. The standard InChI is InChI=1S/C13H18N4O/c1-4-14-12(13-15-8-16-17-13)10-7-9(2)5-6-11(10)18-3/h5-8,12,14H,4H2,1-3H3,(H,15,16,17). The molecule has 18 heavy (non-hydrogen) atoms. The largest absolute Gasteiger partial charge is 0.496 e. The van der Waals surface area contributed by atoms with Crippen LogP contribution in [-0.2, 0) is 0 Å². The molecule has 5 heteroatoms. The molecule has 0 saturated carbocycles. The number of rotatable bonds is 5. The summed E-state index contributed by atoms with van der Waals surface area (Å²) in [7, 11) is 1.68. The zero-order valence-corrected chi connectivity index (χ0v) is 10.9. The number of benzene rings is 1. The minimum Gasteiger partial charge on any atom is -0.496 e. The molecule has 0 aliphatic rings. The summed E-state index contributed by atoms with van der Waals surface area (Å²) < 4.78 is 5.42. The molecule has 1 heterocycles. The highest BCUT2D eigenvalue weighted by atomic mass is 16.5. The van der Waals surface area contributed by atoms with Crippen LogP contribution in [-0.4, -0.2) is 28.8 Å². The zero-order valence-electron chi connectivity index (χ0n) is 10.9. The first-order chi connectivity index (χ1) is 8.76. The first kappa shape index (κ1) is 12.6. The minimum absolute atomic E-state index is 0.0349. The van der Waals surface area contributed by atoms with E-state index in [2.05, 4.69) is 40.4 Å². The van der Waals surface area contributed by atoms with E-state index in [4.69, 9.17) is 4.74 Å². The summed E-state index contributed by atoms with van der Waals surface area (Å²) in [6, 6.07) is 6.08. The number of nitrogens with one attached hydrogen (secondary N) is 2. The van der Waals surface area contributed by atoms with Crippen molar-refractivity contribution in [3.05, 3.63) is 41.5 Å². The Morgan fingerprint density at radius 2 is 2.28 bits per heavy atom. The number of hydrogen-bond donors (Lipinski definition) is 2. The fourth-order valence-electron chi connectivity index (χ4n) is 1.99. The summed E-state index contributed by atoms with van der Waals surface area (Å²) >= 11 is 0. The number of ether oxygens (including phenoxy) is 1. The summed E-state index contributed by atoms with van der Waals surface area (Å²) in [6.07, 6.45) is 1.52. The molecular weight excluding hydrogens is 228 g/mol. The van der Waals surface area contributed by atoms with Crippen molar-refractivity contribution in [1.82, 2.24) is 20.5 Å². The Morgan fingerprint density at radius 3 is 2.89 bits per heavy atom. The van der Waals surface area contributed by atoms with Gasteiger partial charge in [-0.2, -0.15) is 5.10 Å². The van der Waals surface area contributed by atoms with Crippen LogP contribution in [0.1, 0.15) is 29.9 Å². The zero-order chi connectivity index (χ0) is 13.0. The molecule has 0 bridgehead atoms. The smallest absolute Gasteiger partial charge is 0.146 e. The fourth-order valence-corrected chi connectivity index (χ4v) is 1.99. The first-order valence-electron chi connectivity index (χ1n) is 5.99. The lowest BCUT2D eigenvalue weighted by Crippen LogP contribution is -2.23. The number of methoxy groups -OCH3 is 1. The summed E-state index contributed by atoms with van der Waals surface area (Å²) in [5.41, 5.74) is 2.25. The molecule has 5 nitrogen and oxygen atoms in total. The van der Waals surface area contributed by atoms with E-state index in [0.717, 1.165) is 23.7 Å². The van der Waals surface area contributed by atoms with Crippen LogP contribution in [0.15, 0.2) is 24.5 Å². The molecule has 1 aromatic heterocycles. The Labute approximate surface area is 107 Å². The number of hydrogen-bond acceptors (Lipinski definition) is 4. The van der Waals surface area contributed by atoms with Crippen LogP contribution in [0.5, 0.6) is 5.75 Å². The van der Waals surface area contributed by atoms with Gasteiger partial charge in [-0.1, -0.05) is 24.6 Å². The Morgan fingerprint density at radius 1 is 1.44 bits per heavy atom. The van der Waals surface area contributed by atoms with E-state index < -0.39 is 0 Å². The molecular formula is C13H18N4O. The number of aromatic nitrogens is 3. The third-order valence-corrected chi connectivity index (χ3v) is 2.81. The van der Waals surface area contributed by atoms with Crippen LogP contribution < -0.4 is 10.1 Å². The molecule has 2 rings (SSSR count). The number of aromatic amines is 1. The van der Waals surface area contributed by atoms with Gasteiger partial charge in [-0.3, -0.25) is 5.10 Å². The van der Waals surface area contributed by atoms with E-state index >= 15 is 0 Å². The molecule has 1 aromatic carbocycles. The maximum absolute atomic E-state index is 5.42. The number of H-pyrrole nitrogens is 1. The Balaban J connectivity index is 2.45. The first-order valence-corrected chi connectivity index (χ1v) is 5.99. The molecule has 96 valence electrons. The molecule has 0 amide bonds. The summed E-state index contributed by atoms with van der Waals surface area (Å²) in [5.74, 6) is 1.64. The molecule has 1 atom stereocenters. The number of aryl methyl sites for hydroxylation is 1. The highest BCUT2D eigenvalue weighted by molar-refractivity contribution is 5.41. The number of nitrogens with zero attached hydrogens (tertiary/aromatic N) is 2. The predicted octanol–water partition coefficient (Wildman–Crippen LogP) is 1.82. The molecule has 0 radical (unpaired) electrons. The summed E-state index contributed by atoms with van der Waals surface area (Å²) in [6.45, 7) is 4.96. The maximum Gasteiger partial charge on any atom is 0.146 e. The van der Waals surface area contributed by atoms with Gasteiger partial charge in [0, 0.05) is 5.56 Å². The molecule has 0 aliphatic heterocycles. The molecule has 0 aliphatic carbocycles. The second-order valence-electron chi connectivity index (χ2n) is 4.11. The minimum atomic E-state index is -0.0349. The summed E-state index contributed by atoms with van der Waals surface area (Å²) in [4.78, 5) is 4.23. The van der Waals surface area contributed by atoms with Gasteiger partial charge >= 0.3 is 0 Å². The van der Waals surface area contributed by atoms with Crippen molar-refractivity contribution in [1.29, 1.82) is 0 Å². The van der Waals surface area contributed by atoms with Crippen molar-refractivity contribution in [2.45, 2.75) is 19.9 Å². The lowest BCUT2D eigenvalue weighted by molar-refractivity contribution is 0.403. The van der Waals surface area contributed by atoms with E-state index in [1.807, 2.05) is 12.1 Å². The van der Waals surface area contributed by atoms with Gasteiger partial charge in [0.15, 0.2) is 0 Å². The van der Waals surface area contributed by atoms with E-state index in [9.17, 15) is 0 Å². The maximum atomic E-state index is 5.42. The van der Waals surface area contributed by atoms with Crippen molar-refractivity contribution in [3.63, 3.8) is 0 Å². The Kier molecular flexibility index (Phi) is 3.94. The topological polar surface area (TPSA) is 62.8 Å². The van der Waals surface area contributed by atoms with Crippen LogP contribution in [0.2, 0.25) is 0 Å². The Bertz CT molecular complexity index is 496. The monoisotopic (exact) mass is 246 g/mol. The third kappa shape index (κ3) is 2.51. The highest BCUT2D eigenvalue weighted by Crippen LogP contribution is 2.29. The van der Waals surface area contributed by atoms with Gasteiger partial charge in [0.25, 0.3) is 0 Å². The van der Waals surface area contributed by atoms with Crippen molar-refractivity contribution >= 4 is 0 Å². The lowest BCUT2D eigenvalue weighted by atomic mass is 10.0. The molecule has 0 saturated heterocycles. The van der Waals surface area contributed by atoms with Gasteiger partial charge in [0.2, 0.25) is 0 Å². The molecule has 1 unspecified atom stereocenters. The van der Waals surface area contributed by atoms with Crippen molar-refractivity contribution in [2.75, 3.05) is 13.7 Å². The quantitative estimate of drug-likeness (QED) is 0.844. The van der Waals surface area contributed by atoms with E-state index in [1.165, 1.54) is 11.9 Å². The molecule has 0 fully saturated rings. The molecule has 0 spiro atoms. The summed E-state index contributed by atoms with van der Waals surface area (Å²) in [5, 5.41) is 10.2. The predicted molar refractivity (Wildman–Crippen MR) is 69.6 cm³/mol. The molecule has 2 N–H and O–H groups in total. The Hall–Kier alpha value is -1.88. The average Bonchev–Trinajstić information content (AvgIpc) is 2.89. The highest BCUT2D eigenvalue weighted by Gasteiger charge is 2.19. The lowest BCUT2D eigenvalue weighted by Gasteiger charge is -2.19. The third-order valence-electron chi connectivity index (χ3n) is 2.81. The molecule has 2 aromatic rings. The van der Waals surface area contributed by atoms with Crippen LogP contribution in [0.4, 0.5) is 0 Å². The van der Waals surface area contributed by atoms with Crippen LogP contribution in [0, 0.1) is 6.92 Å². The van der Waals surface area contributed by atoms with Crippen LogP contribution in [0.25, 0.3) is 0 Å². The van der Waals surface area contributed by atoms with E-state index in [0.29, 0.717) is 0 Å². The van der Waals surface area contributed by atoms with Gasteiger partial charge < -0.3 is 10.1 Å². The van der Waals surface area contributed by atoms with Crippen LogP contribution in [0.3, 0.4) is 0 Å². The van der Waals surface area contributed by atoms with Crippen molar-refractivity contribution < 1.29 is 4.74 Å². The van der Waals surface area contributed by atoms with Crippen molar-refractivity contribution in [2.24, 2.45) is 0 Å². The van der Waals surface area contributed by atoms with Crippen LogP contribution >= 0.6 is 0 Å². The van der Waals surface area contributed by atoms with E-state index in [1.54, 1.807) is 7.11 Å². The van der Waals surface area contributed by atoms with Gasteiger partial charge in [0.05, 0.1) is 13.2 Å². The normalized spacial score (nSPS) is 12.4. The van der Waals surface area contributed by atoms with E-state index in [-0.39, 0.29) is 6.04 Å². The SMILES string of the molecule is CCNC(c1ncn[nH]1)c1cc(C)ccc1OC. The second kappa shape index (κ2) is 5.64. The van der Waals surface area contributed by atoms with Gasteiger partial charge in [-0.25, -0.2) is 4.98 Å². The fraction of sp³-hybridized carbons (Fsp3) is 0.385. The van der Waals surface area contributed by atoms with Gasteiger partial charge in [-0.05, 0) is 19.5 Å². The second-order valence-corrected chi connectivity index (χ2v) is 4.11. The van der Waals surface area contributed by atoms with Crippen molar-refractivity contribution in [3.8, 4) is 5.75 Å². The van der Waals surface area contributed by atoms with Gasteiger partial charge in [-0.15, -0.1) is 0 Å². The van der Waals surface area contributed by atoms with Gasteiger partial charge in [0.1, 0.15) is 17.9 Å².